The van der Waals surface area contributed by atoms with E-state index in [1.165, 1.54) is 4.68 Å². The average molecular weight is 417 g/mol. The smallest absolute Gasteiger partial charge is 0.292 e. The molecule has 138 valence electrons. The first kappa shape index (κ1) is 18.1. The zero-order chi connectivity index (χ0) is 18.3. The third kappa shape index (κ3) is 3.21. The van der Waals surface area contributed by atoms with Crippen LogP contribution in [0.5, 0.6) is 0 Å². The van der Waals surface area contributed by atoms with Gasteiger partial charge in [0.1, 0.15) is 10.6 Å². The Balaban J connectivity index is 1.69. The fourth-order valence-electron chi connectivity index (χ4n) is 3.35. The van der Waals surface area contributed by atoms with Crippen LogP contribution in [-0.4, -0.2) is 48.3 Å². The van der Waals surface area contributed by atoms with Gasteiger partial charge in [-0.1, -0.05) is 34.8 Å². The predicted molar refractivity (Wildman–Crippen MR) is 101 cm³/mol. The molecule has 0 saturated carbocycles. The summed E-state index contributed by atoms with van der Waals surface area (Å²) < 4.78 is 12.6. The van der Waals surface area contributed by atoms with Gasteiger partial charge in [-0.3, -0.25) is 4.79 Å². The highest BCUT2D eigenvalue weighted by Crippen LogP contribution is 2.32. The Morgan fingerprint density at radius 1 is 1.15 bits per heavy atom. The van der Waals surface area contributed by atoms with Crippen LogP contribution in [0.4, 0.5) is 5.69 Å². The molecule has 0 aliphatic carbocycles. The molecule has 0 N–H and O–H groups in total. The number of aromatic nitrogens is 2. The van der Waals surface area contributed by atoms with E-state index in [4.69, 9.17) is 44.3 Å². The molecular weight excluding hydrogens is 401 g/mol. The maximum Gasteiger partial charge on any atom is 0.292 e. The normalized spacial score (nSPS) is 23.0. The van der Waals surface area contributed by atoms with Gasteiger partial charge >= 0.3 is 0 Å². The van der Waals surface area contributed by atoms with E-state index in [1.54, 1.807) is 24.4 Å². The van der Waals surface area contributed by atoms with Crippen molar-refractivity contribution in [3.63, 3.8) is 0 Å². The van der Waals surface area contributed by atoms with Gasteiger partial charge in [-0.05, 0) is 18.2 Å². The van der Waals surface area contributed by atoms with Crippen LogP contribution in [0.15, 0.2) is 29.2 Å². The molecule has 2 fully saturated rings. The molecule has 2 aliphatic rings. The lowest BCUT2D eigenvalue weighted by Gasteiger charge is -2.40. The molecule has 0 bridgehead atoms. The molecule has 2 aliphatic heterocycles. The largest absolute Gasteiger partial charge is 0.378 e. The number of rotatable bonds is 2. The highest BCUT2D eigenvalue weighted by Gasteiger charge is 2.41. The van der Waals surface area contributed by atoms with Crippen molar-refractivity contribution < 1.29 is 9.47 Å². The second-order valence-corrected chi connectivity index (χ2v) is 7.63. The number of nitrogens with zero attached hydrogens (tertiary/aromatic N) is 3. The summed E-state index contributed by atoms with van der Waals surface area (Å²) in [6, 6.07) is 4.83. The summed E-state index contributed by atoms with van der Waals surface area (Å²) in [5, 5.41) is 5.17. The molecule has 0 radical (unpaired) electrons. The van der Waals surface area contributed by atoms with Crippen LogP contribution in [0.3, 0.4) is 0 Å². The lowest BCUT2D eigenvalue weighted by Crippen LogP contribution is -2.52. The van der Waals surface area contributed by atoms with E-state index in [0.717, 1.165) is 6.42 Å². The Morgan fingerprint density at radius 3 is 2.73 bits per heavy atom. The number of hydrogen-bond acceptors (Lipinski definition) is 5. The van der Waals surface area contributed by atoms with Crippen molar-refractivity contribution in [3.05, 3.63) is 49.8 Å². The molecule has 1 unspecified atom stereocenters. The van der Waals surface area contributed by atoms with Gasteiger partial charge in [0.2, 0.25) is 0 Å². The van der Waals surface area contributed by atoms with E-state index in [2.05, 4.69) is 5.10 Å². The Kier molecular flexibility index (Phi) is 4.88. The van der Waals surface area contributed by atoms with Crippen LogP contribution in [-0.2, 0) is 9.47 Å². The molecule has 9 heteroatoms. The Bertz CT molecular complexity index is 897. The summed E-state index contributed by atoms with van der Waals surface area (Å²) in [7, 11) is 0. The Morgan fingerprint density at radius 2 is 2.00 bits per heavy atom. The van der Waals surface area contributed by atoms with Gasteiger partial charge < -0.3 is 14.4 Å². The van der Waals surface area contributed by atoms with Crippen LogP contribution in [0.1, 0.15) is 6.42 Å². The average Bonchev–Trinajstić information content (AvgIpc) is 3.05. The molecule has 1 atom stereocenters. The number of anilines is 1. The summed E-state index contributed by atoms with van der Waals surface area (Å²) in [4.78, 5) is 14.8. The minimum absolute atomic E-state index is 0.0991. The molecule has 0 amide bonds. The number of ether oxygens (including phenoxy) is 2. The van der Waals surface area contributed by atoms with Gasteiger partial charge in [0.05, 0.1) is 35.8 Å². The van der Waals surface area contributed by atoms with E-state index in [9.17, 15) is 4.79 Å². The predicted octanol–water partition coefficient (Wildman–Crippen LogP) is 3.19. The second kappa shape index (κ2) is 7.02. The highest BCUT2D eigenvalue weighted by molar-refractivity contribution is 6.36. The Labute approximate surface area is 165 Å². The maximum absolute atomic E-state index is 12.8. The van der Waals surface area contributed by atoms with Crippen LogP contribution in [0, 0.1) is 0 Å². The van der Waals surface area contributed by atoms with Crippen molar-refractivity contribution >= 4 is 40.5 Å². The lowest BCUT2D eigenvalue weighted by atomic mass is 10.0. The maximum atomic E-state index is 12.8. The van der Waals surface area contributed by atoms with Crippen molar-refractivity contribution in [1.29, 1.82) is 0 Å². The standard InChI is InChI=1S/C17H16Cl3N3O3/c18-11-1-2-13(12(19)7-11)23-16(24)15(20)14(8-21-23)22-4-6-26-17(9-22)3-5-25-10-17/h1-2,7-8H,3-6,9-10H2. The van der Waals surface area contributed by atoms with E-state index in [0.29, 0.717) is 54.3 Å². The molecule has 26 heavy (non-hydrogen) atoms. The monoisotopic (exact) mass is 415 g/mol. The molecule has 6 nitrogen and oxygen atoms in total. The van der Waals surface area contributed by atoms with Gasteiger partial charge in [0, 0.05) is 31.1 Å². The van der Waals surface area contributed by atoms with Crippen LogP contribution in [0.25, 0.3) is 5.69 Å². The van der Waals surface area contributed by atoms with E-state index in [1.807, 2.05) is 4.90 Å². The number of halogens is 3. The molecule has 2 aromatic rings. The zero-order valence-electron chi connectivity index (χ0n) is 13.8. The molecule has 1 aromatic carbocycles. The third-order valence-corrected chi connectivity index (χ3v) is 5.59. The molecule has 3 heterocycles. The zero-order valence-corrected chi connectivity index (χ0v) is 16.0. The minimum atomic E-state index is -0.434. The first-order valence-electron chi connectivity index (χ1n) is 8.19. The van der Waals surface area contributed by atoms with Gasteiger partial charge in [-0.2, -0.15) is 9.78 Å². The van der Waals surface area contributed by atoms with Crippen molar-refractivity contribution in [2.24, 2.45) is 0 Å². The van der Waals surface area contributed by atoms with Crippen LogP contribution < -0.4 is 10.5 Å². The van der Waals surface area contributed by atoms with Gasteiger partial charge in [0.15, 0.2) is 0 Å². The topological polar surface area (TPSA) is 56.6 Å². The quantitative estimate of drug-likeness (QED) is 0.752. The molecule has 1 spiro atoms. The first-order chi connectivity index (χ1) is 12.5. The number of benzene rings is 1. The van der Waals surface area contributed by atoms with Gasteiger partial charge in [-0.15, -0.1) is 0 Å². The van der Waals surface area contributed by atoms with Crippen molar-refractivity contribution in [2.75, 3.05) is 37.8 Å². The SMILES string of the molecule is O=c1c(Cl)c(N2CCOC3(CCOC3)C2)cnn1-c1ccc(Cl)cc1Cl. The van der Waals surface area contributed by atoms with Crippen molar-refractivity contribution in [3.8, 4) is 5.69 Å². The van der Waals surface area contributed by atoms with E-state index >= 15 is 0 Å². The summed E-state index contributed by atoms with van der Waals surface area (Å²) >= 11 is 18.5. The third-order valence-electron chi connectivity index (χ3n) is 4.69. The lowest BCUT2D eigenvalue weighted by molar-refractivity contribution is -0.0579. The molecular formula is C17H16Cl3N3O3. The van der Waals surface area contributed by atoms with Crippen LogP contribution in [0.2, 0.25) is 15.1 Å². The van der Waals surface area contributed by atoms with Gasteiger partial charge in [-0.25, -0.2) is 0 Å². The fraction of sp³-hybridized carbons (Fsp3) is 0.412. The Hall–Kier alpha value is -1.31. The molecule has 2 saturated heterocycles. The van der Waals surface area contributed by atoms with E-state index in [-0.39, 0.29) is 10.6 Å². The van der Waals surface area contributed by atoms with Crippen molar-refractivity contribution in [1.82, 2.24) is 9.78 Å². The summed E-state index contributed by atoms with van der Waals surface area (Å²) in [6.07, 6.45) is 2.41. The minimum Gasteiger partial charge on any atom is -0.378 e. The number of morpholine rings is 1. The summed E-state index contributed by atoms with van der Waals surface area (Å²) in [5.41, 5.74) is 0.247. The second-order valence-electron chi connectivity index (χ2n) is 6.41. The fourth-order valence-corrected chi connectivity index (χ4v) is 4.08. The highest BCUT2D eigenvalue weighted by atomic mass is 35.5. The van der Waals surface area contributed by atoms with E-state index < -0.39 is 5.56 Å². The molecule has 1 aromatic heterocycles. The summed E-state index contributed by atoms with van der Waals surface area (Å²) in [6.45, 7) is 3.02. The first-order valence-corrected chi connectivity index (χ1v) is 9.32. The van der Waals surface area contributed by atoms with Gasteiger partial charge in [0.25, 0.3) is 5.56 Å². The van der Waals surface area contributed by atoms with Crippen LogP contribution >= 0.6 is 34.8 Å². The summed E-state index contributed by atoms with van der Waals surface area (Å²) in [5.74, 6) is 0. The number of hydrogen-bond donors (Lipinski definition) is 0. The molecule has 4 rings (SSSR count). The van der Waals surface area contributed by atoms with Crippen molar-refractivity contribution in [2.45, 2.75) is 12.0 Å².